The van der Waals surface area contributed by atoms with Crippen molar-refractivity contribution in [3.63, 3.8) is 0 Å². The Kier molecular flexibility index (Phi) is 3.99. The number of nitrogens with zero attached hydrogens (tertiary/aromatic N) is 1. The molecule has 90 valence electrons. The van der Waals surface area contributed by atoms with Gasteiger partial charge in [0.1, 0.15) is 0 Å². The zero-order valence-electron chi connectivity index (χ0n) is 10.3. The highest BCUT2D eigenvalue weighted by Gasteiger charge is 2.07. The zero-order chi connectivity index (χ0) is 12.1. The van der Waals surface area contributed by atoms with Gasteiger partial charge in [0, 0.05) is 17.9 Å². The van der Waals surface area contributed by atoms with Crippen LogP contribution in [0.5, 0.6) is 0 Å². The van der Waals surface area contributed by atoms with Gasteiger partial charge in [-0.15, -0.1) is 0 Å². The monoisotopic (exact) mass is 229 g/mol. The molecular formula is C15H19NO. The molecule has 0 radical (unpaired) electrons. The molecule has 0 saturated heterocycles. The van der Waals surface area contributed by atoms with E-state index in [0.717, 1.165) is 25.1 Å². The van der Waals surface area contributed by atoms with E-state index >= 15 is 0 Å². The standard InChI is InChI=1S/C15H19NO/c1-2-6-14-9-10-15(12-17)16(14)11-13-7-4-3-5-8-13/h3-5,7-10,17H,2,6,11-12H2,1H3. The molecule has 2 heteroatoms. The van der Waals surface area contributed by atoms with Gasteiger partial charge in [0.2, 0.25) is 0 Å². The van der Waals surface area contributed by atoms with Crippen molar-refractivity contribution >= 4 is 0 Å². The van der Waals surface area contributed by atoms with Gasteiger partial charge >= 0.3 is 0 Å². The number of rotatable bonds is 5. The van der Waals surface area contributed by atoms with E-state index in [0.29, 0.717) is 0 Å². The number of benzene rings is 1. The fourth-order valence-electron chi connectivity index (χ4n) is 2.14. The number of hydrogen-bond donors (Lipinski definition) is 1. The van der Waals surface area contributed by atoms with Gasteiger partial charge in [0.15, 0.2) is 0 Å². The molecule has 0 aliphatic heterocycles. The fourth-order valence-corrected chi connectivity index (χ4v) is 2.14. The lowest BCUT2D eigenvalue weighted by Gasteiger charge is -2.12. The highest BCUT2D eigenvalue weighted by Crippen LogP contribution is 2.14. The van der Waals surface area contributed by atoms with Gasteiger partial charge in [-0.25, -0.2) is 0 Å². The van der Waals surface area contributed by atoms with E-state index in [4.69, 9.17) is 0 Å². The summed E-state index contributed by atoms with van der Waals surface area (Å²) in [7, 11) is 0. The maximum atomic E-state index is 9.36. The van der Waals surface area contributed by atoms with Crippen molar-refractivity contribution in [2.75, 3.05) is 0 Å². The lowest BCUT2D eigenvalue weighted by molar-refractivity contribution is 0.271. The lowest BCUT2D eigenvalue weighted by Crippen LogP contribution is -2.08. The molecule has 0 bridgehead atoms. The smallest absolute Gasteiger partial charge is 0.0833 e. The minimum absolute atomic E-state index is 0.108. The first-order valence-electron chi connectivity index (χ1n) is 6.17. The summed E-state index contributed by atoms with van der Waals surface area (Å²) in [6.07, 6.45) is 2.19. The van der Waals surface area contributed by atoms with Crippen LogP contribution in [0.3, 0.4) is 0 Å². The maximum Gasteiger partial charge on any atom is 0.0833 e. The number of aryl methyl sites for hydroxylation is 1. The minimum atomic E-state index is 0.108. The van der Waals surface area contributed by atoms with Crippen molar-refractivity contribution in [1.82, 2.24) is 4.57 Å². The van der Waals surface area contributed by atoms with Crippen molar-refractivity contribution in [2.45, 2.75) is 32.9 Å². The SMILES string of the molecule is CCCc1ccc(CO)n1Cc1ccccc1. The van der Waals surface area contributed by atoms with E-state index in [-0.39, 0.29) is 6.61 Å². The topological polar surface area (TPSA) is 25.2 Å². The molecule has 0 fully saturated rings. The van der Waals surface area contributed by atoms with E-state index in [9.17, 15) is 5.11 Å². The number of aliphatic hydroxyl groups excluding tert-OH is 1. The highest BCUT2D eigenvalue weighted by molar-refractivity contribution is 5.21. The number of hydrogen-bond acceptors (Lipinski definition) is 1. The molecule has 2 nitrogen and oxygen atoms in total. The number of aliphatic hydroxyl groups is 1. The van der Waals surface area contributed by atoms with E-state index in [1.54, 1.807) is 0 Å². The average molecular weight is 229 g/mol. The molecule has 0 spiro atoms. The van der Waals surface area contributed by atoms with Crippen LogP contribution in [-0.2, 0) is 19.6 Å². The quantitative estimate of drug-likeness (QED) is 0.837. The van der Waals surface area contributed by atoms with Crippen LogP contribution < -0.4 is 0 Å². The zero-order valence-corrected chi connectivity index (χ0v) is 10.3. The molecular weight excluding hydrogens is 210 g/mol. The van der Waals surface area contributed by atoms with Crippen LogP contribution in [0.1, 0.15) is 30.3 Å². The number of aromatic nitrogens is 1. The van der Waals surface area contributed by atoms with Gasteiger partial charge in [-0.2, -0.15) is 0 Å². The van der Waals surface area contributed by atoms with Crippen LogP contribution in [0, 0.1) is 0 Å². The first-order valence-corrected chi connectivity index (χ1v) is 6.17. The van der Waals surface area contributed by atoms with Gasteiger partial charge in [-0.05, 0) is 24.1 Å². The first kappa shape index (κ1) is 11.9. The van der Waals surface area contributed by atoms with Crippen LogP contribution in [0.15, 0.2) is 42.5 Å². The van der Waals surface area contributed by atoms with E-state index < -0.39 is 0 Å². The second-order valence-corrected chi connectivity index (χ2v) is 4.30. The molecule has 0 aliphatic carbocycles. The normalized spacial score (nSPS) is 10.7. The van der Waals surface area contributed by atoms with Crippen molar-refractivity contribution in [1.29, 1.82) is 0 Å². The molecule has 0 unspecified atom stereocenters. The molecule has 0 aliphatic rings. The summed E-state index contributed by atoms with van der Waals surface area (Å²) in [4.78, 5) is 0. The summed E-state index contributed by atoms with van der Waals surface area (Å²) in [5, 5.41) is 9.36. The fraction of sp³-hybridized carbons (Fsp3) is 0.333. The van der Waals surface area contributed by atoms with E-state index in [1.807, 2.05) is 12.1 Å². The molecule has 2 rings (SSSR count). The first-order chi connectivity index (χ1) is 8.35. The summed E-state index contributed by atoms with van der Waals surface area (Å²) in [5.41, 5.74) is 3.58. The molecule has 1 N–H and O–H groups in total. The Hall–Kier alpha value is -1.54. The van der Waals surface area contributed by atoms with Crippen LogP contribution in [-0.4, -0.2) is 9.67 Å². The summed E-state index contributed by atoms with van der Waals surface area (Å²) in [6.45, 7) is 3.13. The van der Waals surface area contributed by atoms with Crippen molar-refractivity contribution in [2.24, 2.45) is 0 Å². The molecule has 1 aromatic heterocycles. The second-order valence-electron chi connectivity index (χ2n) is 4.30. The predicted molar refractivity (Wildman–Crippen MR) is 69.9 cm³/mol. The third-order valence-corrected chi connectivity index (χ3v) is 3.01. The van der Waals surface area contributed by atoms with Crippen LogP contribution in [0.2, 0.25) is 0 Å². The summed E-state index contributed by atoms with van der Waals surface area (Å²) in [5.74, 6) is 0. The predicted octanol–water partition coefficient (Wildman–Crippen LogP) is 2.98. The molecule has 1 aromatic carbocycles. The Morgan fingerprint density at radius 3 is 2.35 bits per heavy atom. The van der Waals surface area contributed by atoms with Crippen molar-refractivity contribution in [3.05, 3.63) is 59.4 Å². The van der Waals surface area contributed by atoms with E-state index in [2.05, 4.69) is 41.8 Å². The Morgan fingerprint density at radius 1 is 1.00 bits per heavy atom. The molecule has 0 atom stereocenters. The molecule has 0 saturated carbocycles. The Labute approximate surface area is 103 Å². The Bertz CT molecular complexity index is 459. The van der Waals surface area contributed by atoms with Gasteiger partial charge in [0.05, 0.1) is 6.61 Å². The lowest BCUT2D eigenvalue weighted by atomic mass is 10.2. The third kappa shape index (κ3) is 2.77. The summed E-state index contributed by atoms with van der Waals surface area (Å²) >= 11 is 0. The minimum Gasteiger partial charge on any atom is -0.390 e. The van der Waals surface area contributed by atoms with Crippen molar-refractivity contribution in [3.8, 4) is 0 Å². The van der Waals surface area contributed by atoms with Gasteiger partial charge < -0.3 is 9.67 Å². The average Bonchev–Trinajstić information content (AvgIpc) is 2.74. The van der Waals surface area contributed by atoms with E-state index in [1.165, 1.54) is 11.3 Å². The summed E-state index contributed by atoms with van der Waals surface area (Å²) in [6, 6.07) is 14.5. The second kappa shape index (κ2) is 5.69. The largest absolute Gasteiger partial charge is 0.390 e. The third-order valence-electron chi connectivity index (χ3n) is 3.01. The molecule has 2 aromatic rings. The molecule has 1 heterocycles. The van der Waals surface area contributed by atoms with Gasteiger partial charge in [0.25, 0.3) is 0 Å². The summed E-state index contributed by atoms with van der Waals surface area (Å²) < 4.78 is 2.22. The Balaban J connectivity index is 2.26. The maximum absolute atomic E-state index is 9.36. The van der Waals surface area contributed by atoms with Gasteiger partial charge in [-0.1, -0.05) is 43.7 Å². The van der Waals surface area contributed by atoms with Gasteiger partial charge in [-0.3, -0.25) is 0 Å². The molecule has 17 heavy (non-hydrogen) atoms. The van der Waals surface area contributed by atoms with Crippen LogP contribution >= 0.6 is 0 Å². The Morgan fingerprint density at radius 2 is 1.71 bits per heavy atom. The van der Waals surface area contributed by atoms with Crippen molar-refractivity contribution < 1.29 is 5.11 Å². The van der Waals surface area contributed by atoms with Crippen LogP contribution in [0.25, 0.3) is 0 Å². The van der Waals surface area contributed by atoms with Crippen LogP contribution in [0.4, 0.5) is 0 Å². The highest BCUT2D eigenvalue weighted by atomic mass is 16.3. The molecule has 0 amide bonds.